The topological polar surface area (TPSA) is 65.5 Å². The molecule has 19 heavy (non-hydrogen) atoms. The summed E-state index contributed by atoms with van der Waals surface area (Å²) >= 11 is 0. The highest BCUT2D eigenvalue weighted by atomic mass is 16.1. The lowest BCUT2D eigenvalue weighted by Gasteiger charge is -2.16. The number of carbonyl (C=O) groups is 1. The van der Waals surface area contributed by atoms with Gasteiger partial charge in [-0.25, -0.2) is 0 Å². The van der Waals surface area contributed by atoms with Crippen molar-refractivity contribution in [3.05, 3.63) is 35.4 Å². The van der Waals surface area contributed by atoms with Crippen molar-refractivity contribution >= 4 is 11.9 Å². The summed E-state index contributed by atoms with van der Waals surface area (Å²) < 4.78 is 0. The minimum atomic E-state index is -0.0379. The van der Waals surface area contributed by atoms with Crippen LogP contribution in [0.15, 0.2) is 29.3 Å². The second-order valence-electron chi connectivity index (χ2n) is 4.56. The molecule has 3 N–H and O–H groups in total. The van der Waals surface area contributed by atoms with Gasteiger partial charge in [0, 0.05) is 31.7 Å². The predicted octanol–water partition coefficient (Wildman–Crippen LogP) is 0.664. The molecule has 0 saturated heterocycles. The maximum atomic E-state index is 11.9. The van der Waals surface area contributed by atoms with Crippen molar-refractivity contribution in [1.82, 2.24) is 16.0 Å². The Kier molecular flexibility index (Phi) is 4.78. The van der Waals surface area contributed by atoms with Crippen LogP contribution in [-0.2, 0) is 0 Å². The molecule has 0 spiro atoms. The van der Waals surface area contributed by atoms with Gasteiger partial charge in [-0.15, -0.1) is 0 Å². The summed E-state index contributed by atoms with van der Waals surface area (Å²) in [5, 5.41) is 9.22. The van der Waals surface area contributed by atoms with Gasteiger partial charge >= 0.3 is 0 Å². The number of aryl methyl sites for hydroxylation is 1. The molecular formula is C14H20N4O. The molecule has 0 bridgehead atoms. The summed E-state index contributed by atoms with van der Waals surface area (Å²) in [5.41, 5.74) is 1.79. The van der Waals surface area contributed by atoms with Crippen LogP contribution in [-0.4, -0.2) is 38.0 Å². The van der Waals surface area contributed by atoms with Gasteiger partial charge in [-0.2, -0.15) is 0 Å². The van der Waals surface area contributed by atoms with Crippen molar-refractivity contribution in [1.29, 1.82) is 0 Å². The highest BCUT2D eigenvalue weighted by molar-refractivity contribution is 5.94. The quantitative estimate of drug-likeness (QED) is 0.697. The fourth-order valence-corrected chi connectivity index (χ4v) is 1.90. The normalized spacial score (nSPS) is 14.3. The molecule has 5 heteroatoms. The van der Waals surface area contributed by atoms with E-state index in [0.717, 1.165) is 31.0 Å². The lowest BCUT2D eigenvalue weighted by Crippen LogP contribution is -2.43. The summed E-state index contributed by atoms with van der Waals surface area (Å²) in [6, 6.07) is 7.58. The molecule has 2 rings (SSSR count). The third-order valence-electron chi connectivity index (χ3n) is 2.88. The van der Waals surface area contributed by atoms with Gasteiger partial charge in [-0.1, -0.05) is 17.7 Å². The third-order valence-corrected chi connectivity index (χ3v) is 2.88. The number of guanidine groups is 1. The Morgan fingerprint density at radius 2 is 2.32 bits per heavy atom. The number of carbonyl (C=O) groups excluding carboxylic acids is 1. The van der Waals surface area contributed by atoms with Gasteiger partial charge in [-0.3, -0.25) is 9.79 Å². The number of nitrogens with one attached hydrogen (secondary N) is 3. The first kappa shape index (κ1) is 13.4. The van der Waals surface area contributed by atoms with E-state index in [0.29, 0.717) is 18.7 Å². The molecule has 0 atom stereocenters. The molecule has 1 aliphatic rings. The molecule has 0 fully saturated rings. The number of rotatable bonds is 4. The average Bonchev–Trinajstić information content (AvgIpc) is 2.44. The van der Waals surface area contributed by atoms with Gasteiger partial charge in [0.2, 0.25) is 0 Å². The van der Waals surface area contributed by atoms with Gasteiger partial charge < -0.3 is 16.0 Å². The van der Waals surface area contributed by atoms with E-state index < -0.39 is 0 Å². The Morgan fingerprint density at radius 1 is 1.42 bits per heavy atom. The fraction of sp³-hybridized carbons (Fsp3) is 0.429. The molecular weight excluding hydrogens is 240 g/mol. The Labute approximate surface area is 113 Å². The lowest BCUT2D eigenvalue weighted by atomic mass is 10.1. The summed E-state index contributed by atoms with van der Waals surface area (Å²) in [5.74, 6) is 0.792. The molecule has 1 aromatic rings. The smallest absolute Gasteiger partial charge is 0.251 e. The maximum Gasteiger partial charge on any atom is 0.251 e. The molecule has 0 aliphatic carbocycles. The first-order valence-corrected chi connectivity index (χ1v) is 6.63. The van der Waals surface area contributed by atoms with Gasteiger partial charge in [0.25, 0.3) is 5.91 Å². The number of hydrogen-bond acceptors (Lipinski definition) is 4. The number of nitrogens with zero attached hydrogens (tertiary/aromatic N) is 1. The van der Waals surface area contributed by atoms with Crippen molar-refractivity contribution in [3.8, 4) is 0 Å². The van der Waals surface area contributed by atoms with Crippen LogP contribution in [0.1, 0.15) is 22.3 Å². The van der Waals surface area contributed by atoms with Crippen LogP contribution in [0.3, 0.4) is 0 Å². The lowest BCUT2D eigenvalue weighted by molar-refractivity contribution is 0.0954. The highest BCUT2D eigenvalue weighted by Crippen LogP contribution is 2.03. The first-order valence-electron chi connectivity index (χ1n) is 6.63. The summed E-state index contributed by atoms with van der Waals surface area (Å²) in [4.78, 5) is 16.2. The third kappa shape index (κ3) is 4.28. The average molecular weight is 260 g/mol. The van der Waals surface area contributed by atoms with E-state index in [-0.39, 0.29) is 5.91 Å². The van der Waals surface area contributed by atoms with Crippen LogP contribution < -0.4 is 16.0 Å². The van der Waals surface area contributed by atoms with Crippen LogP contribution in [0.25, 0.3) is 0 Å². The molecule has 0 saturated carbocycles. The Balaban J connectivity index is 1.70. The summed E-state index contributed by atoms with van der Waals surface area (Å²) in [6.45, 7) is 5.05. The molecule has 1 aliphatic heterocycles. The molecule has 102 valence electrons. The van der Waals surface area contributed by atoms with E-state index in [1.165, 1.54) is 0 Å². The van der Waals surface area contributed by atoms with Crippen LogP contribution in [0.5, 0.6) is 0 Å². The van der Waals surface area contributed by atoms with Crippen molar-refractivity contribution < 1.29 is 4.79 Å². The standard InChI is InChI=1S/C14H20N4O/c1-11-4-2-5-12(10-11)13(19)15-8-9-18-14-16-6-3-7-17-14/h2,4-5,10H,3,6-9H2,1H3,(H,15,19)(H2,16,17,18). The summed E-state index contributed by atoms with van der Waals surface area (Å²) in [6.07, 6.45) is 1.08. The van der Waals surface area contributed by atoms with E-state index in [2.05, 4.69) is 20.9 Å². The van der Waals surface area contributed by atoms with Crippen LogP contribution in [0, 0.1) is 6.92 Å². The Bertz CT molecular complexity index is 470. The van der Waals surface area contributed by atoms with Gasteiger partial charge in [-0.05, 0) is 25.5 Å². The van der Waals surface area contributed by atoms with Gasteiger partial charge in [0.1, 0.15) is 0 Å². The Hall–Kier alpha value is -2.04. The molecule has 1 amide bonds. The fourth-order valence-electron chi connectivity index (χ4n) is 1.90. The first-order chi connectivity index (χ1) is 9.25. The Morgan fingerprint density at radius 3 is 3.05 bits per heavy atom. The highest BCUT2D eigenvalue weighted by Gasteiger charge is 2.05. The zero-order chi connectivity index (χ0) is 13.5. The van der Waals surface area contributed by atoms with Gasteiger partial charge in [0.05, 0.1) is 0 Å². The van der Waals surface area contributed by atoms with E-state index in [9.17, 15) is 4.79 Å². The molecule has 1 aromatic carbocycles. The largest absolute Gasteiger partial charge is 0.356 e. The minimum absolute atomic E-state index is 0.0379. The second kappa shape index (κ2) is 6.78. The van der Waals surface area contributed by atoms with Crippen molar-refractivity contribution in [2.75, 3.05) is 26.2 Å². The monoisotopic (exact) mass is 260 g/mol. The predicted molar refractivity (Wildman–Crippen MR) is 76.4 cm³/mol. The molecule has 0 aromatic heterocycles. The molecule has 5 nitrogen and oxygen atoms in total. The van der Waals surface area contributed by atoms with E-state index in [1.54, 1.807) is 0 Å². The van der Waals surface area contributed by atoms with Crippen LogP contribution in [0.2, 0.25) is 0 Å². The number of hydrogen-bond donors (Lipinski definition) is 3. The van der Waals surface area contributed by atoms with Crippen molar-refractivity contribution in [3.63, 3.8) is 0 Å². The maximum absolute atomic E-state index is 11.9. The molecule has 0 radical (unpaired) electrons. The van der Waals surface area contributed by atoms with Crippen LogP contribution in [0.4, 0.5) is 0 Å². The molecule has 1 heterocycles. The zero-order valence-electron chi connectivity index (χ0n) is 11.2. The van der Waals surface area contributed by atoms with Crippen molar-refractivity contribution in [2.45, 2.75) is 13.3 Å². The zero-order valence-corrected chi connectivity index (χ0v) is 11.2. The number of aliphatic imine (C=N–C) groups is 1. The van der Waals surface area contributed by atoms with Gasteiger partial charge in [0.15, 0.2) is 5.96 Å². The van der Waals surface area contributed by atoms with E-state index in [4.69, 9.17) is 0 Å². The summed E-state index contributed by atoms with van der Waals surface area (Å²) in [7, 11) is 0. The second-order valence-corrected chi connectivity index (χ2v) is 4.56. The van der Waals surface area contributed by atoms with Crippen LogP contribution >= 0.6 is 0 Å². The molecule has 0 unspecified atom stereocenters. The number of amides is 1. The van der Waals surface area contributed by atoms with E-state index >= 15 is 0 Å². The minimum Gasteiger partial charge on any atom is -0.356 e. The SMILES string of the molecule is Cc1cccc(C(=O)NCCNC2=NCCCN2)c1. The van der Waals surface area contributed by atoms with Crippen molar-refractivity contribution in [2.24, 2.45) is 4.99 Å². The number of benzene rings is 1. The van der Waals surface area contributed by atoms with E-state index in [1.807, 2.05) is 31.2 Å².